The number of aliphatic hydroxyl groups excluding tert-OH is 1. The summed E-state index contributed by atoms with van der Waals surface area (Å²) in [7, 11) is 0. The van der Waals surface area contributed by atoms with E-state index in [-0.39, 0.29) is 12.6 Å². The van der Waals surface area contributed by atoms with Crippen LogP contribution in [0.5, 0.6) is 0 Å². The zero-order valence-corrected chi connectivity index (χ0v) is 6.49. The number of hydrogen-bond donors (Lipinski definition) is 3. The summed E-state index contributed by atoms with van der Waals surface area (Å²) in [5.41, 5.74) is 10.2. The second-order valence-corrected chi connectivity index (χ2v) is 2.00. The van der Waals surface area contributed by atoms with Crippen molar-refractivity contribution in [2.24, 2.45) is 16.5 Å². The third-order valence-electron chi connectivity index (χ3n) is 0.977. The summed E-state index contributed by atoms with van der Waals surface area (Å²) in [6, 6.07) is 0. The molecule has 0 aromatic heterocycles. The van der Waals surface area contributed by atoms with Gasteiger partial charge in [0.05, 0.1) is 13.2 Å². The van der Waals surface area contributed by atoms with Crippen molar-refractivity contribution < 1.29 is 9.84 Å². The average molecular weight is 161 g/mol. The zero-order chi connectivity index (χ0) is 8.53. The van der Waals surface area contributed by atoms with Crippen LogP contribution in [0.3, 0.4) is 0 Å². The van der Waals surface area contributed by atoms with Crippen molar-refractivity contribution in [3.05, 3.63) is 0 Å². The van der Waals surface area contributed by atoms with Gasteiger partial charge in [0, 0.05) is 13.2 Å². The van der Waals surface area contributed by atoms with Gasteiger partial charge in [-0.3, -0.25) is 4.99 Å². The van der Waals surface area contributed by atoms with E-state index in [9.17, 15) is 0 Å². The smallest absolute Gasteiger partial charge is 0.185 e. The Morgan fingerprint density at radius 1 is 1.36 bits per heavy atom. The lowest BCUT2D eigenvalue weighted by atomic mass is 10.5. The number of aliphatic hydroxyl groups is 1. The van der Waals surface area contributed by atoms with Crippen molar-refractivity contribution in [2.75, 3.05) is 26.4 Å². The van der Waals surface area contributed by atoms with Crippen molar-refractivity contribution in [2.45, 2.75) is 6.42 Å². The molecule has 5 nitrogen and oxygen atoms in total. The van der Waals surface area contributed by atoms with E-state index in [1.165, 1.54) is 0 Å². The van der Waals surface area contributed by atoms with Crippen molar-refractivity contribution in [3.63, 3.8) is 0 Å². The van der Waals surface area contributed by atoms with Crippen LogP contribution in [-0.4, -0.2) is 37.4 Å². The Morgan fingerprint density at radius 2 is 2.09 bits per heavy atom. The molecule has 0 aromatic rings. The van der Waals surface area contributed by atoms with E-state index in [1.54, 1.807) is 0 Å². The average Bonchev–Trinajstić information content (AvgIpc) is 1.96. The number of hydrogen-bond acceptors (Lipinski definition) is 3. The van der Waals surface area contributed by atoms with Gasteiger partial charge in [0.2, 0.25) is 0 Å². The van der Waals surface area contributed by atoms with Gasteiger partial charge in [-0.1, -0.05) is 0 Å². The molecule has 0 rings (SSSR count). The molecule has 0 heterocycles. The van der Waals surface area contributed by atoms with Crippen LogP contribution in [0.2, 0.25) is 0 Å². The maximum atomic E-state index is 8.32. The van der Waals surface area contributed by atoms with Crippen LogP contribution >= 0.6 is 0 Å². The van der Waals surface area contributed by atoms with Crippen LogP contribution in [0.25, 0.3) is 0 Å². The number of nitrogens with zero attached hydrogens (tertiary/aromatic N) is 1. The van der Waals surface area contributed by atoms with Crippen molar-refractivity contribution in [3.8, 4) is 0 Å². The molecule has 0 aliphatic heterocycles. The Balaban J connectivity index is 2.97. The molecule has 0 atom stereocenters. The number of rotatable bonds is 6. The Kier molecular flexibility index (Phi) is 6.76. The van der Waals surface area contributed by atoms with Crippen LogP contribution in [0.4, 0.5) is 0 Å². The highest BCUT2D eigenvalue weighted by atomic mass is 16.5. The van der Waals surface area contributed by atoms with Gasteiger partial charge >= 0.3 is 0 Å². The van der Waals surface area contributed by atoms with Crippen molar-refractivity contribution >= 4 is 5.96 Å². The van der Waals surface area contributed by atoms with Gasteiger partial charge in [-0.25, -0.2) is 0 Å². The normalized spacial score (nSPS) is 9.55. The second-order valence-electron chi connectivity index (χ2n) is 2.00. The third-order valence-corrected chi connectivity index (χ3v) is 0.977. The zero-order valence-electron chi connectivity index (χ0n) is 6.49. The molecular weight excluding hydrogens is 146 g/mol. The molecule has 5 heteroatoms. The molecule has 0 spiro atoms. The summed E-state index contributed by atoms with van der Waals surface area (Å²) in [6.45, 7) is 1.59. The van der Waals surface area contributed by atoms with Crippen molar-refractivity contribution in [1.82, 2.24) is 0 Å². The summed E-state index contributed by atoms with van der Waals surface area (Å²) >= 11 is 0. The van der Waals surface area contributed by atoms with Gasteiger partial charge in [-0.15, -0.1) is 0 Å². The molecule has 0 saturated carbocycles. The van der Waals surface area contributed by atoms with Crippen LogP contribution < -0.4 is 11.5 Å². The van der Waals surface area contributed by atoms with Gasteiger partial charge in [-0.2, -0.15) is 0 Å². The second kappa shape index (κ2) is 7.30. The first-order chi connectivity index (χ1) is 5.27. The fourth-order valence-corrected chi connectivity index (χ4v) is 0.541. The molecule has 66 valence electrons. The van der Waals surface area contributed by atoms with Gasteiger partial charge in [0.25, 0.3) is 0 Å². The van der Waals surface area contributed by atoms with E-state index in [0.29, 0.717) is 19.8 Å². The first-order valence-corrected chi connectivity index (χ1v) is 3.51. The number of nitrogens with two attached hydrogens (primary N) is 2. The SMILES string of the molecule is NC(N)=NCCCOCCO. The number of guanidine groups is 1. The minimum absolute atomic E-state index is 0.0578. The Morgan fingerprint density at radius 3 is 2.64 bits per heavy atom. The van der Waals surface area contributed by atoms with E-state index < -0.39 is 0 Å². The molecule has 0 unspecified atom stereocenters. The monoisotopic (exact) mass is 161 g/mol. The number of aliphatic imine (C=N–C) groups is 1. The minimum atomic E-state index is 0.0578. The summed E-state index contributed by atoms with van der Waals surface area (Å²) in [6.07, 6.45) is 0.776. The molecule has 11 heavy (non-hydrogen) atoms. The first kappa shape index (κ1) is 10.2. The lowest BCUT2D eigenvalue weighted by Gasteiger charge is -1.98. The molecule has 0 fully saturated rings. The van der Waals surface area contributed by atoms with Gasteiger partial charge in [0.15, 0.2) is 5.96 Å². The lowest BCUT2D eigenvalue weighted by molar-refractivity contribution is 0.0918. The molecular formula is C6H15N3O2. The van der Waals surface area contributed by atoms with Gasteiger partial charge in [0.1, 0.15) is 0 Å². The van der Waals surface area contributed by atoms with E-state index >= 15 is 0 Å². The molecule has 0 amide bonds. The topological polar surface area (TPSA) is 93.9 Å². The highest BCUT2D eigenvalue weighted by Gasteiger charge is 1.86. The quantitative estimate of drug-likeness (QED) is 0.255. The van der Waals surface area contributed by atoms with E-state index in [0.717, 1.165) is 6.42 Å². The predicted octanol–water partition coefficient (Wildman–Crippen LogP) is -1.34. The highest BCUT2D eigenvalue weighted by Crippen LogP contribution is 1.82. The summed E-state index contributed by atoms with van der Waals surface area (Å²) in [4.78, 5) is 3.75. The molecule has 0 aromatic carbocycles. The van der Waals surface area contributed by atoms with Crippen LogP contribution in [0.1, 0.15) is 6.42 Å². The first-order valence-electron chi connectivity index (χ1n) is 3.51. The standard InChI is InChI=1S/C6H15N3O2/c7-6(8)9-2-1-4-11-5-3-10/h10H,1-5H2,(H4,7,8,9). The van der Waals surface area contributed by atoms with E-state index in [4.69, 9.17) is 21.3 Å². The Bertz CT molecular complexity index is 112. The van der Waals surface area contributed by atoms with Gasteiger partial charge < -0.3 is 21.3 Å². The maximum Gasteiger partial charge on any atom is 0.185 e. The molecule has 0 aliphatic carbocycles. The molecule has 0 aliphatic rings. The van der Waals surface area contributed by atoms with Crippen LogP contribution in [-0.2, 0) is 4.74 Å². The molecule has 0 bridgehead atoms. The van der Waals surface area contributed by atoms with Crippen LogP contribution in [0, 0.1) is 0 Å². The summed E-state index contributed by atoms with van der Waals surface area (Å²) < 4.78 is 4.96. The molecule has 0 saturated heterocycles. The Hall–Kier alpha value is -0.810. The number of ether oxygens (including phenoxy) is 1. The maximum absolute atomic E-state index is 8.32. The molecule has 5 N–H and O–H groups in total. The fraction of sp³-hybridized carbons (Fsp3) is 0.833. The third kappa shape index (κ3) is 9.19. The lowest BCUT2D eigenvalue weighted by Crippen LogP contribution is -2.23. The highest BCUT2D eigenvalue weighted by molar-refractivity contribution is 5.75. The van der Waals surface area contributed by atoms with E-state index in [1.807, 2.05) is 0 Å². The Labute approximate surface area is 66.0 Å². The predicted molar refractivity (Wildman–Crippen MR) is 43.2 cm³/mol. The summed E-state index contributed by atoms with van der Waals surface area (Å²) in [5.74, 6) is 0.104. The van der Waals surface area contributed by atoms with Gasteiger partial charge in [-0.05, 0) is 6.42 Å². The van der Waals surface area contributed by atoms with Crippen LogP contribution in [0.15, 0.2) is 4.99 Å². The van der Waals surface area contributed by atoms with E-state index in [2.05, 4.69) is 4.99 Å². The summed E-state index contributed by atoms with van der Waals surface area (Å²) in [5, 5.41) is 8.32. The minimum Gasteiger partial charge on any atom is -0.394 e. The largest absolute Gasteiger partial charge is 0.394 e. The van der Waals surface area contributed by atoms with Crippen molar-refractivity contribution in [1.29, 1.82) is 0 Å². The fourth-order valence-electron chi connectivity index (χ4n) is 0.541. The molecule has 0 radical (unpaired) electrons.